The molecular weight excluding hydrogens is 530 g/mol. The van der Waals surface area contributed by atoms with Gasteiger partial charge in [-0.05, 0) is 43.1 Å². The van der Waals surface area contributed by atoms with Crippen LogP contribution in [-0.4, -0.2) is 55.5 Å². The minimum absolute atomic E-state index is 0.122. The Morgan fingerprint density at radius 1 is 1.20 bits per heavy atom. The molecule has 40 heavy (non-hydrogen) atoms. The van der Waals surface area contributed by atoms with Gasteiger partial charge in [0.15, 0.2) is 5.82 Å². The molecule has 11 heteroatoms. The molecule has 1 saturated heterocycles. The van der Waals surface area contributed by atoms with Gasteiger partial charge < -0.3 is 14.2 Å². The smallest absolute Gasteiger partial charge is 0.380 e. The van der Waals surface area contributed by atoms with Crippen molar-refractivity contribution in [3.8, 4) is 22.6 Å². The quantitative estimate of drug-likeness (QED) is 0.309. The van der Waals surface area contributed by atoms with E-state index in [1.54, 1.807) is 25.7 Å². The number of halogens is 1. The molecule has 4 aromatic rings. The summed E-state index contributed by atoms with van der Waals surface area (Å²) in [4.78, 5) is 31.5. The van der Waals surface area contributed by atoms with E-state index in [9.17, 15) is 4.79 Å². The molecule has 1 N–H and O–H groups in total. The highest BCUT2D eigenvalue weighted by molar-refractivity contribution is 6.30. The third-order valence-corrected chi connectivity index (χ3v) is 8.87. The predicted molar refractivity (Wildman–Crippen MR) is 154 cm³/mol. The number of hydrogen-bond donors (Lipinski definition) is 1. The van der Waals surface area contributed by atoms with Crippen molar-refractivity contribution in [2.75, 3.05) is 18.6 Å². The van der Waals surface area contributed by atoms with Crippen molar-refractivity contribution in [2.45, 2.75) is 71.6 Å². The van der Waals surface area contributed by atoms with Crippen LogP contribution >= 0.6 is 11.6 Å². The molecule has 2 atom stereocenters. The number of methoxy groups -OCH3 is 1. The van der Waals surface area contributed by atoms with Crippen LogP contribution < -0.4 is 10.7 Å². The lowest BCUT2D eigenvalue weighted by Crippen LogP contribution is -2.36. The number of aromatic amines is 1. The van der Waals surface area contributed by atoms with Crippen molar-refractivity contribution in [1.82, 2.24) is 29.7 Å². The van der Waals surface area contributed by atoms with E-state index in [1.807, 2.05) is 6.07 Å². The number of nitrogens with zero attached hydrogens (tertiary/aromatic N) is 6. The number of H-pyrrole nitrogens is 1. The molecule has 1 saturated carbocycles. The first-order valence-corrected chi connectivity index (χ1v) is 14.6. The minimum Gasteiger partial charge on any atom is -0.380 e. The standard InChI is InChI=1S/C29H36ClN7O3/c1-16(2)23-10-21(39-4)15-36(23)28-33-25-22(27-34-29(38)40-35-27)13-32-24(19-9-20(30)12-31-11-19)26(25)37(28)14-18-7-5-17(3)6-8-18/h9,11-13,16-18,21,23H,5-8,10,14-15H2,1-4H3,(H,34,35,38)/t17?,18?,21-,23+/m1/s1. The van der Waals surface area contributed by atoms with Gasteiger partial charge in [0.25, 0.3) is 0 Å². The number of imidazole rings is 1. The number of aromatic nitrogens is 6. The lowest BCUT2D eigenvalue weighted by Gasteiger charge is -2.31. The van der Waals surface area contributed by atoms with Crippen LogP contribution in [0.1, 0.15) is 52.9 Å². The van der Waals surface area contributed by atoms with Crippen LogP contribution in [0.5, 0.6) is 0 Å². The van der Waals surface area contributed by atoms with Crippen LogP contribution in [-0.2, 0) is 11.3 Å². The second-order valence-corrected chi connectivity index (χ2v) is 12.2. The van der Waals surface area contributed by atoms with Gasteiger partial charge in [-0.25, -0.2) is 9.78 Å². The van der Waals surface area contributed by atoms with E-state index in [4.69, 9.17) is 30.8 Å². The van der Waals surface area contributed by atoms with Crippen molar-refractivity contribution in [2.24, 2.45) is 17.8 Å². The molecule has 10 nitrogen and oxygen atoms in total. The highest BCUT2D eigenvalue weighted by Crippen LogP contribution is 2.40. The van der Waals surface area contributed by atoms with Gasteiger partial charge in [0, 0.05) is 50.4 Å². The normalized spacial score (nSPS) is 23.5. The van der Waals surface area contributed by atoms with Gasteiger partial charge in [-0.3, -0.25) is 19.5 Å². The van der Waals surface area contributed by atoms with Crippen molar-refractivity contribution in [1.29, 1.82) is 0 Å². The number of hydrogen-bond acceptors (Lipinski definition) is 8. The van der Waals surface area contributed by atoms with Crippen molar-refractivity contribution >= 4 is 28.6 Å². The van der Waals surface area contributed by atoms with Gasteiger partial charge in [-0.15, -0.1) is 0 Å². The van der Waals surface area contributed by atoms with Gasteiger partial charge >= 0.3 is 5.76 Å². The topological polar surface area (TPSA) is 115 Å². The fraction of sp³-hybridized carbons (Fsp3) is 0.552. The van der Waals surface area contributed by atoms with Gasteiger partial charge in [0.05, 0.1) is 27.9 Å². The summed E-state index contributed by atoms with van der Waals surface area (Å²) in [5.74, 6) is 2.26. The Balaban J connectivity index is 1.61. The summed E-state index contributed by atoms with van der Waals surface area (Å²) < 4.78 is 13.1. The van der Waals surface area contributed by atoms with Crippen LogP contribution in [0.25, 0.3) is 33.7 Å². The second-order valence-electron chi connectivity index (χ2n) is 11.8. The Kier molecular flexibility index (Phi) is 7.39. The van der Waals surface area contributed by atoms with Crippen LogP contribution in [0.4, 0.5) is 5.95 Å². The number of fused-ring (bicyclic) bond motifs is 1. The van der Waals surface area contributed by atoms with E-state index in [2.05, 4.69) is 45.4 Å². The molecule has 212 valence electrons. The zero-order valence-corrected chi connectivity index (χ0v) is 24.2. The molecule has 2 aliphatic rings. The first-order chi connectivity index (χ1) is 19.3. The van der Waals surface area contributed by atoms with E-state index in [-0.39, 0.29) is 12.1 Å². The van der Waals surface area contributed by atoms with E-state index in [0.717, 1.165) is 48.2 Å². The fourth-order valence-electron chi connectivity index (χ4n) is 6.41. The predicted octanol–water partition coefficient (Wildman–Crippen LogP) is 5.57. The Morgan fingerprint density at radius 2 is 2.00 bits per heavy atom. The maximum absolute atomic E-state index is 11.9. The molecule has 0 unspecified atom stereocenters. The number of pyridine rings is 2. The number of anilines is 1. The molecule has 2 fully saturated rings. The summed E-state index contributed by atoms with van der Waals surface area (Å²) in [5, 5.41) is 4.52. The van der Waals surface area contributed by atoms with E-state index < -0.39 is 5.76 Å². The van der Waals surface area contributed by atoms with E-state index >= 15 is 0 Å². The molecular formula is C29H36ClN7O3. The van der Waals surface area contributed by atoms with Crippen molar-refractivity contribution in [3.05, 3.63) is 40.2 Å². The van der Waals surface area contributed by atoms with Crippen LogP contribution in [0, 0.1) is 17.8 Å². The van der Waals surface area contributed by atoms with Gasteiger partial charge in [-0.2, -0.15) is 0 Å². The second kappa shape index (κ2) is 11.0. The summed E-state index contributed by atoms with van der Waals surface area (Å²) in [5.41, 5.74) is 3.74. The molecule has 5 heterocycles. The van der Waals surface area contributed by atoms with Crippen LogP contribution in [0.3, 0.4) is 0 Å². The highest BCUT2D eigenvalue weighted by Gasteiger charge is 2.38. The molecule has 0 amide bonds. The van der Waals surface area contributed by atoms with Crippen molar-refractivity contribution < 1.29 is 9.26 Å². The van der Waals surface area contributed by atoms with Crippen LogP contribution in [0.15, 0.2) is 34.0 Å². The summed E-state index contributed by atoms with van der Waals surface area (Å²) in [6, 6.07) is 2.15. The zero-order valence-electron chi connectivity index (χ0n) is 23.4. The number of nitrogens with one attached hydrogen (secondary N) is 1. The van der Waals surface area contributed by atoms with Gasteiger partial charge in [0.2, 0.25) is 5.95 Å². The highest BCUT2D eigenvalue weighted by atomic mass is 35.5. The first-order valence-electron chi connectivity index (χ1n) is 14.2. The van der Waals surface area contributed by atoms with Gasteiger partial charge in [0.1, 0.15) is 5.52 Å². The molecule has 0 aromatic carbocycles. The summed E-state index contributed by atoms with van der Waals surface area (Å²) in [6.07, 6.45) is 10.9. The zero-order chi connectivity index (χ0) is 28.0. The average molecular weight is 566 g/mol. The Morgan fingerprint density at radius 3 is 2.67 bits per heavy atom. The molecule has 6 rings (SSSR count). The molecule has 0 radical (unpaired) electrons. The van der Waals surface area contributed by atoms with E-state index in [0.29, 0.717) is 33.8 Å². The number of ether oxygens (including phenoxy) is 1. The largest absolute Gasteiger partial charge is 0.439 e. The Labute approximate surface area is 238 Å². The summed E-state index contributed by atoms with van der Waals surface area (Å²) in [6.45, 7) is 8.42. The molecule has 4 aromatic heterocycles. The van der Waals surface area contributed by atoms with Gasteiger partial charge in [-0.1, -0.05) is 50.4 Å². The lowest BCUT2D eigenvalue weighted by molar-refractivity contribution is 0.116. The summed E-state index contributed by atoms with van der Waals surface area (Å²) in [7, 11) is 1.78. The molecule has 0 spiro atoms. The fourth-order valence-corrected chi connectivity index (χ4v) is 6.59. The Bertz CT molecular complexity index is 1550. The monoisotopic (exact) mass is 565 g/mol. The lowest BCUT2D eigenvalue weighted by atomic mass is 9.83. The van der Waals surface area contributed by atoms with Crippen LogP contribution in [0.2, 0.25) is 5.02 Å². The third kappa shape index (κ3) is 5.03. The van der Waals surface area contributed by atoms with E-state index in [1.165, 1.54) is 25.7 Å². The molecule has 0 bridgehead atoms. The molecule has 1 aliphatic carbocycles. The maximum atomic E-state index is 11.9. The average Bonchev–Trinajstić information content (AvgIpc) is 3.66. The number of rotatable bonds is 7. The minimum atomic E-state index is -0.621. The van der Waals surface area contributed by atoms with Crippen molar-refractivity contribution in [3.63, 3.8) is 0 Å². The molecule has 1 aliphatic heterocycles. The third-order valence-electron chi connectivity index (χ3n) is 8.66. The summed E-state index contributed by atoms with van der Waals surface area (Å²) >= 11 is 6.38. The SMILES string of the molecule is CO[C@@H]1C[C@@H](C(C)C)N(c2nc3c(-c4noc(=O)[nH]4)cnc(-c4cncc(Cl)c4)c3n2CC2CCC(C)CC2)C1. The maximum Gasteiger partial charge on any atom is 0.439 e. The first kappa shape index (κ1) is 27.0. The Hall–Kier alpha value is -3.24.